The van der Waals surface area contributed by atoms with Crippen LogP contribution in [0.5, 0.6) is 0 Å². The Kier molecular flexibility index (Phi) is 4.02. The van der Waals surface area contributed by atoms with Crippen LogP contribution in [0, 0.1) is 5.41 Å². The predicted molar refractivity (Wildman–Crippen MR) is 80.0 cm³/mol. The zero-order valence-corrected chi connectivity index (χ0v) is 13.0. The maximum Gasteiger partial charge on any atom is 0.0782 e. The number of benzene rings is 1. The highest BCUT2D eigenvalue weighted by atomic mass is 79.9. The van der Waals surface area contributed by atoms with E-state index >= 15 is 0 Å². The number of piperidine rings is 1. The number of nitrogens with zero attached hydrogens (tertiary/aromatic N) is 1. The highest BCUT2D eigenvalue weighted by Crippen LogP contribution is 2.36. The summed E-state index contributed by atoms with van der Waals surface area (Å²) in [7, 11) is 0. The molecule has 1 aromatic rings. The lowest BCUT2D eigenvalue weighted by Gasteiger charge is -2.40. The number of aliphatic hydroxyl groups excluding tert-OH is 1. The molecule has 1 aliphatic heterocycles. The normalized spacial score (nSPS) is 20.8. The van der Waals surface area contributed by atoms with Crippen molar-refractivity contribution in [3.63, 3.8) is 0 Å². The molecule has 0 amide bonds. The Morgan fingerprint density at radius 1 is 1.39 bits per heavy atom. The molecule has 100 valence electrons. The van der Waals surface area contributed by atoms with E-state index in [1.165, 1.54) is 18.5 Å². The molecule has 1 saturated heterocycles. The molecule has 1 N–H and O–H groups in total. The van der Waals surface area contributed by atoms with Crippen LogP contribution in [0.3, 0.4) is 0 Å². The lowest BCUT2D eigenvalue weighted by molar-refractivity contribution is 0.199. The summed E-state index contributed by atoms with van der Waals surface area (Å²) in [5, 5.41) is 9.91. The molecule has 0 spiro atoms. The fourth-order valence-electron chi connectivity index (χ4n) is 2.77. The van der Waals surface area contributed by atoms with Crippen LogP contribution in [0.15, 0.2) is 22.7 Å². The van der Waals surface area contributed by atoms with Gasteiger partial charge in [0.2, 0.25) is 0 Å². The van der Waals surface area contributed by atoms with Gasteiger partial charge in [-0.2, -0.15) is 0 Å². The standard InChI is InChI=1S/C15H22BrNO/c1-11(18)13-6-5-12(16)9-14(13)17-8-4-7-15(2,3)10-17/h5-6,9,11,18H,4,7-8,10H2,1-3H3. The van der Waals surface area contributed by atoms with Gasteiger partial charge in [0.1, 0.15) is 0 Å². The molecule has 1 unspecified atom stereocenters. The Balaban J connectivity index is 2.34. The topological polar surface area (TPSA) is 23.5 Å². The van der Waals surface area contributed by atoms with Crippen LogP contribution in [0.2, 0.25) is 0 Å². The van der Waals surface area contributed by atoms with Crippen LogP contribution in [-0.4, -0.2) is 18.2 Å². The molecule has 1 heterocycles. The molecule has 1 aliphatic rings. The monoisotopic (exact) mass is 311 g/mol. The number of anilines is 1. The molecule has 0 aliphatic carbocycles. The third kappa shape index (κ3) is 3.07. The molecule has 0 bridgehead atoms. The molecule has 0 aromatic heterocycles. The van der Waals surface area contributed by atoms with Crippen LogP contribution in [0.25, 0.3) is 0 Å². The third-order valence-corrected chi connectivity index (χ3v) is 4.18. The van der Waals surface area contributed by atoms with E-state index in [2.05, 4.69) is 40.7 Å². The van der Waals surface area contributed by atoms with Crippen LogP contribution in [0.4, 0.5) is 5.69 Å². The minimum atomic E-state index is -0.418. The van der Waals surface area contributed by atoms with Crippen molar-refractivity contribution in [2.24, 2.45) is 5.41 Å². The lowest BCUT2D eigenvalue weighted by Crippen LogP contribution is -2.40. The van der Waals surface area contributed by atoms with Gasteiger partial charge in [-0.3, -0.25) is 0 Å². The van der Waals surface area contributed by atoms with E-state index in [-0.39, 0.29) is 0 Å². The summed E-state index contributed by atoms with van der Waals surface area (Å²) in [4.78, 5) is 2.41. The average Bonchev–Trinajstić information content (AvgIpc) is 2.27. The largest absolute Gasteiger partial charge is 0.389 e. The molecule has 0 radical (unpaired) electrons. The molecule has 18 heavy (non-hydrogen) atoms. The summed E-state index contributed by atoms with van der Waals surface area (Å²) in [6.45, 7) is 8.61. The van der Waals surface area contributed by atoms with Crippen molar-refractivity contribution < 1.29 is 5.11 Å². The van der Waals surface area contributed by atoms with E-state index in [1.807, 2.05) is 19.1 Å². The third-order valence-electron chi connectivity index (χ3n) is 3.68. The van der Waals surface area contributed by atoms with Crippen molar-refractivity contribution >= 4 is 21.6 Å². The second-order valence-corrected chi connectivity index (χ2v) is 6.98. The first kappa shape index (κ1) is 13.9. The van der Waals surface area contributed by atoms with Crippen LogP contribution >= 0.6 is 15.9 Å². The first-order chi connectivity index (χ1) is 8.39. The van der Waals surface area contributed by atoms with Gasteiger partial charge in [0.05, 0.1) is 6.10 Å². The van der Waals surface area contributed by atoms with E-state index in [4.69, 9.17) is 0 Å². The van der Waals surface area contributed by atoms with E-state index in [0.29, 0.717) is 5.41 Å². The minimum Gasteiger partial charge on any atom is -0.389 e. The Hall–Kier alpha value is -0.540. The summed E-state index contributed by atoms with van der Waals surface area (Å²) in [6, 6.07) is 6.15. The first-order valence-electron chi connectivity index (χ1n) is 6.61. The highest BCUT2D eigenvalue weighted by molar-refractivity contribution is 9.10. The van der Waals surface area contributed by atoms with Crippen molar-refractivity contribution in [1.82, 2.24) is 0 Å². The van der Waals surface area contributed by atoms with Gasteiger partial charge >= 0.3 is 0 Å². The summed E-state index contributed by atoms with van der Waals surface area (Å²) >= 11 is 3.53. The molecule has 1 atom stereocenters. The van der Waals surface area contributed by atoms with E-state index in [9.17, 15) is 5.11 Å². The van der Waals surface area contributed by atoms with Crippen LogP contribution < -0.4 is 4.90 Å². The van der Waals surface area contributed by atoms with E-state index in [1.54, 1.807) is 0 Å². The van der Waals surface area contributed by atoms with E-state index < -0.39 is 6.10 Å². The highest BCUT2D eigenvalue weighted by Gasteiger charge is 2.28. The van der Waals surface area contributed by atoms with Gasteiger partial charge in [0, 0.05) is 28.8 Å². The number of rotatable bonds is 2. The van der Waals surface area contributed by atoms with Crippen LogP contribution in [-0.2, 0) is 0 Å². The van der Waals surface area contributed by atoms with Gasteiger partial charge in [-0.1, -0.05) is 35.8 Å². The molecular weight excluding hydrogens is 290 g/mol. The molecular formula is C15H22BrNO. The lowest BCUT2D eigenvalue weighted by atomic mass is 9.83. The zero-order chi connectivity index (χ0) is 13.3. The fourth-order valence-corrected chi connectivity index (χ4v) is 3.12. The fraction of sp³-hybridized carbons (Fsp3) is 0.600. The Labute approximate surface area is 118 Å². The molecule has 2 nitrogen and oxygen atoms in total. The Bertz CT molecular complexity index is 429. The van der Waals surface area contributed by atoms with Crippen molar-refractivity contribution in [1.29, 1.82) is 0 Å². The van der Waals surface area contributed by atoms with Crippen molar-refractivity contribution in [2.45, 2.75) is 39.7 Å². The maximum absolute atomic E-state index is 9.91. The van der Waals surface area contributed by atoms with Gasteiger partial charge in [-0.25, -0.2) is 0 Å². The van der Waals surface area contributed by atoms with Crippen LogP contribution in [0.1, 0.15) is 45.3 Å². The SMILES string of the molecule is CC(O)c1ccc(Br)cc1N1CCCC(C)(C)C1. The Morgan fingerprint density at radius 2 is 2.11 bits per heavy atom. The van der Waals surface area contributed by atoms with Gasteiger partial charge in [-0.05, 0) is 37.3 Å². The van der Waals surface area contributed by atoms with Crippen molar-refractivity contribution in [2.75, 3.05) is 18.0 Å². The van der Waals surface area contributed by atoms with Gasteiger partial charge < -0.3 is 10.0 Å². The van der Waals surface area contributed by atoms with Crippen molar-refractivity contribution in [3.8, 4) is 0 Å². The number of aliphatic hydroxyl groups is 1. The van der Waals surface area contributed by atoms with Gasteiger partial charge in [-0.15, -0.1) is 0 Å². The number of halogens is 1. The second kappa shape index (κ2) is 5.22. The summed E-state index contributed by atoms with van der Waals surface area (Å²) in [5.74, 6) is 0. The summed E-state index contributed by atoms with van der Waals surface area (Å²) in [6.07, 6.45) is 2.08. The average molecular weight is 312 g/mol. The van der Waals surface area contributed by atoms with Crippen molar-refractivity contribution in [3.05, 3.63) is 28.2 Å². The molecule has 2 rings (SSSR count). The smallest absolute Gasteiger partial charge is 0.0782 e. The molecule has 1 aromatic carbocycles. The number of hydrogen-bond acceptors (Lipinski definition) is 2. The molecule has 3 heteroatoms. The molecule has 0 saturated carbocycles. The minimum absolute atomic E-state index is 0.358. The Morgan fingerprint density at radius 3 is 2.72 bits per heavy atom. The first-order valence-corrected chi connectivity index (χ1v) is 7.41. The molecule has 1 fully saturated rings. The number of hydrogen-bond donors (Lipinski definition) is 1. The van der Waals surface area contributed by atoms with Gasteiger partial charge in [0.25, 0.3) is 0 Å². The summed E-state index contributed by atoms with van der Waals surface area (Å²) in [5.41, 5.74) is 2.55. The second-order valence-electron chi connectivity index (χ2n) is 6.07. The summed E-state index contributed by atoms with van der Waals surface area (Å²) < 4.78 is 1.07. The van der Waals surface area contributed by atoms with E-state index in [0.717, 1.165) is 23.1 Å². The predicted octanol–water partition coefficient (Wildman–Crippen LogP) is 4.13. The quantitative estimate of drug-likeness (QED) is 0.887. The van der Waals surface area contributed by atoms with Gasteiger partial charge in [0.15, 0.2) is 0 Å². The zero-order valence-electron chi connectivity index (χ0n) is 11.4. The maximum atomic E-state index is 9.91.